The van der Waals surface area contributed by atoms with E-state index in [0.29, 0.717) is 13.0 Å². The molecule has 1 aliphatic carbocycles. The largest absolute Gasteiger partial charge is 0.395 e. The summed E-state index contributed by atoms with van der Waals surface area (Å²) in [6.07, 6.45) is 2.30. The summed E-state index contributed by atoms with van der Waals surface area (Å²) in [5, 5.41) is 10.6. The number of rotatable bonds is 6. The second kappa shape index (κ2) is 6.70. The van der Waals surface area contributed by atoms with Gasteiger partial charge in [0.1, 0.15) is 0 Å². The zero-order valence-corrected chi connectivity index (χ0v) is 12.9. The number of aliphatic hydroxyl groups is 1. The molecule has 0 spiro atoms. The number of hydrogen-bond acceptors (Lipinski definition) is 4. The van der Waals surface area contributed by atoms with Crippen LogP contribution in [0.4, 0.5) is 0 Å². The predicted octanol–water partition coefficient (Wildman–Crippen LogP) is 0.911. The van der Waals surface area contributed by atoms with Gasteiger partial charge in [0.05, 0.1) is 11.5 Å². The molecule has 0 amide bonds. The summed E-state index contributed by atoms with van der Waals surface area (Å²) in [5.74, 6) is 5.79. The van der Waals surface area contributed by atoms with Crippen LogP contribution in [0.25, 0.3) is 0 Å². The fourth-order valence-corrected chi connectivity index (χ4v) is 3.50. The summed E-state index contributed by atoms with van der Waals surface area (Å²) in [7, 11) is -1.82. The van der Waals surface area contributed by atoms with Crippen molar-refractivity contribution in [1.82, 2.24) is 9.03 Å². The molecule has 0 bridgehead atoms. The maximum absolute atomic E-state index is 12.0. The first kappa shape index (κ1) is 15.5. The highest BCUT2D eigenvalue weighted by Crippen LogP contribution is 2.21. The predicted molar refractivity (Wildman–Crippen MR) is 79.4 cm³/mol. The van der Waals surface area contributed by atoms with E-state index in [0.717, 1.165) is 23.3 Å². The molecular weight excluding hydrogens is 296 g/mol. The highest BCUT2D eigenvalue weighted by atomic mass is 32.2. The topological polar surface area (TPSA) is 69.6 Å². The van der Waals surface area contributed by atoms with Crippen molar-refractivity contribution in [3.05, 3.63) is 21.9 Å². The Morgan fingerprint density at radius 3 is 2.95 bits per heavy atom. The van der Waals surface area contributed by atoms with Crippen molar-refractivity contribution >= 4 is 21.5 Å². The first-order valence-electron chi connectivity index (χ1n) is 6.42. The molecule has 0 aromatic carbocycles. The van der Waals surface area contributed by atoms with E-state index in [-0.39, 0.29) is 12.6 Å². The Labute approximate surface area is 123 Å². The molecule has 7 heteroatoms. The van der Waals surface area contributed by atoms with Crippen molar-refractivity contribution in [3.8, 4) is 11.8 Å². The van der Waals surface area contributed by atoms with E-state index >= 15 is 0 Å². The average molecular weight is 314 g/mol. The molecule has 2 rings (SSSR count). The molecule has 1 aromatic heterocycles. The van der Waals surface area contributed by atoms with Crippen LogP contribution in [-0.2, 0) is 16.8 Å². The number of aliphatic hydroxyl groups excluding tert-OH is 1. The van der Waals surface area contributed by atoms with E-state index in [1.807, 2.05) is 11.4 Å². The molecule has 110 valence electrons. The Kier molecular flexibility index (Phi) is 5.18. The van der Waals surface area contributed by atoms with Crippen LogP contribution in [0.1, 0.15) is 29.7 Å². The molecule has 1 heterocycles. The van der Waals surface area contributed by atoms with Gasteiger partial charge in [-0.25, -0.2) is 0 Å². The van der Waals surface area contributed by atoms with Crippen LogP contribution in [0.15, 0.2) is 11.4 Å². The van der Waals surface area contributed by atoms with Gasteiger partial charge in [-0.15, -0.1) is 11.3 Å². The maximum Gasteiger partial charge on any atom is 0.279 e. The second-order valence-corrected chi connectivity index (χ2v) is 7.47. The van der Waals surface area contributed by atoms with E-state index in [9.17, 15) is 8.42 Å². The van der Waals surface area contributed by atoms with Crippen molar-refractivity contribution in [2.45, 2.75) is 31.8 Å². The van der Waals surface area contributed by atoms with E-state index < -0.39 is 10.2 Å². The Morgan fingerprint density at radius 2 is 2.30 bits per heavy atom. The third kappa shape index (κ3) is 4.58. The van der Waals surface area contributed by atoms with Gasteiger partial charge in [0.25, 0.3) is 10.2 Å². The van der Waals surface area contributed by atoms with Gasteiger partial charge in [0.15, 0.2) is 0 Å². The van der Waals surface area contributed by atoms with Crippen LogP contribution in [0, 0.1) is 11.8 Å². The van der Waals surface area contributed by atoms with Crippen molar-refractivity contribution in [1.29, 1.82) is 0 Å². The SMILES string of the molecule is CN(Cc1csc(C#CCCO)c1)S(=O)(=O)NC1CC1. The average Bonchev–Trinajstić information content (AvgIpc) is 3.07. The van der Waals surface area contributed by atoms with Crippen LogP contribution < -0.4 is 4.72 Å². The first-order chi connectivity index (χ1) is 9.51. The Hall–Kier alpha value is -0.910. The van der Waals surface area contributed by atoms with Crippen LogP contribution >= 0.6 is 11.3 Å². The highest BCUT2D eigenvalue weighted by Gasteiger charge is 2.29. The minimum absolute atomic E-state index is 0.0546. The maximum atomic E-state index is 12.0. The molecule has 20 heavy (non-hydrogen) atoms. The van der Waals surface area contributed by atoms with E-state index in [2.05, 4.69) is 16.6 Å². The molecule has 0 unspecified atom stereocenters. The molecular formula is C13H18N2O3S2. The summed E-state index contributed by atoms with van der Waals surface area (Å²) in [6, 6.07) is 2.00. The number of thiophene rings is 1. The molecule has 0 atom stereocenters. The van der Waals surface area contributed by atoms with Crippen molar-refractivity contribution in [3.63, 3.8) is 0 Å². The third-order valence-electron chi connectivity index (χ3n) is 2.81. The van der Waals surface area contributed by atoms with Gasteiger partial charge in [-0.1, -0.05) is 11.8 Å². The molecule has 2 N–H and O–H groups in total. The van der Waals surface area contributed by atoms with Crippen LogP contribution in [0.3, 0.4) is 0 Å². The van der Waals surface area contributed by atoms with Crippen molar-refractivity contribution in [2.24, 2.45) is 0 Å². The lowest BCUT2D eigenvalue weighted by atomic mass is 10.3. The summed E-state index contributed by atoms with van der Waals surface area (Å²) in [5.41, 5.74) is 0.923. The van der Waals surface area contributed by atoms with Crippen LogP contribution in [-0.4, -0.2) is 37.5 Å². The number of hydrogen-bond donors (Lipinski definition) is 2. The zero-order valence-electron chi connectivity index (χ0n) is 11.3. The Bertz CT molecular complexity index is 609. The lowest BCUT2D eigenvalue weighted by Crippen LogP contribution is -2.38. The standard InChI is InChI=1S/C13H18N2O3S2/c1-15(20(17,18)14-12-5-6-12)9-11-8-13(19-10-11)4-2-3-7-16/h8,10,12,14,16H,3,5-7,9H2,1H3. The molecule has 0 saturated heterocycles. The molecule has 0 aliphatic heterocycles. The summed E-state index contributed by atoms with van der Waals surface area (Å²) >= 11 is 1.48. The highest BCUT2D eigenvalue weighted by molar-refractivity contribution is 7.87. The van der Waals surface area contributed by atoms with Gasteiger partial charge in [-0.2, -0.15) is 17.4 Å². The van der Waals surface area contributed by atoms with Gasteiger partial charge in [-0.05, 0) is 29.9 Å². The lowest BCUT2D eigenvalue weighted by Gasteiger charge is -2.16. The van der Waals surface area contributed by atoms with Gasteiger partial charge in [-0.3, -0.25) is 0 Å². The van der Waals surface area contributed by atoms with E-state index in [1.54, 1.807) is 7.05 Å². The van der Waals surface area contributed by atoms with E-state index in [1.165, 1.54) is 15.6 Å². The fraction of sp³-hybridized carbons (Fsp3) is 0.538. The fourth-order valence-electron chi connectivity index (χ4n) is 1.57. The molecule has 1 fully saturated rings. The summed E-state index contributed by atoms with van der Waals surface area (Å²) < 4.78 is 27.9. The monoisotopic (exact) mass is 314 g/mol. The molecule has 1 saturated carbocycles. The van der Waals surface area contributed by atoms with E-state index in [4.69, 9.17) is 5.11 Å². The number of nitrogens with zero attached hydrogens (tertiary/aromatic N) is 1. The first-order valence-corrected chi connectivity index (χ1v) is 8.74. The minimum Gasteiger partial charge on any atom is -0.395 e. The third-order valence-corrected chi connectivity index (χ3v) is 5.29. The normalized spacial score (nSPS) is 15.2. The molecule has 5 nitrogen and oxygen atoms in total. The second-order valence-electron chi connectivity index (χ2n) is 4.75. The Balaban J connectivity index is 1.94. The smallest absolute Gasteiger partial charge is 0.279 e. The summed E-state index contributed by atoms with van der Waals surface area (Å²) in [6.45, 7) is 0.388. The lowest BCUT2D eigenvalue weighted by molar-refractivity contribution is 0.305. The van der Waals surface area contributed by atoms with Crippen LogP contribution in [0.5, 0.6) is 0 Å². The molecule has 0 radical (unpaired) electrons. The van der Waals surface area contributed by atoms with Crippen molar-refractivity contribution < 1.29 is 13.5 Å². The van der Waals surface area contributed by atoms with Gasteiger partial charge >= 0.3 is 0 Å². The number of nitrogens with one attached hydrogen (secondary N) is 1. The quantitative estimate of drug-likeness (QED) is 0.767. The van der Waals surface area contributed by atoms with Gasteiger partial charge in [0, 0.05) is 26.1 Å². The van der Waals surface area contributed by atoms with Crippen molar-refractivity contribution in [2.75, 3.05) is 13.7 Å². The molecule has 1 aromatic rings. The summed E-state index contributed by atoms with van der Waals surface area (Å²) in [4.78, 5) is 0.884. The van der Waals surface area contributed by atoms with Gasteiger partial charge < -0.3 is 5.11 Å². The van der Waals surface area contributed by atoms with Crippen LogP contribution in [0.2, 0.25) is 0 Å². The zero-order chi connectivity index (χ0) is 14.6. The Morgan fingerprint density at radius 1 is 1.55 bits per heavy atom. The van der Waals surface area contributed by atoms with Gasteiger partial charge in [0.2, 0.25) is 0 Å². The minimum atomic E-state index is -3.39. The molecule has 1 aliphatic rings.